The summed E-state index contributed by atoms with van der Waals surface area (Å²) in [4.78, 5) is 1.53. The lowest BCUT2D eigenvalue weighted by atomic mass is 10.1. The number of aliphatic hydroxyl groups is 1. The number of quaternary nitrogens is 1. The fourth-order valence-electron chi connectivity index (χ4n) is 4.29. The number of benzene rings is 2. The quantitative estimate of drug-likeness (QED) is 0.693. The summed E-state index contributed by atoms with van der Waals surface area (Å²) in [5.41, 5.74) is 2.19. The average Bonchev–Trinajstić information content (AvgIpc) is 2.77. The number of rotatable bonds is 4. The van der Waals surface area contributed by atoms with Crippen molar-refractivity contribution in [2.75, 3.05) is 19.6 Å². The molecule has 2 N–H and O–H groups in total. The van der Waals surface area contributed by atoms with Gasteiger partial charge in [0.2, 0.25) is 0 Å². The molecule has 0 saturated carbocycles. The highest BCUT2D eigenvalue weighted by Crippen LogP contribution is 2.32. The minimum absolute atomic E-state index is 0.367. The first-order valence-corrected chi connectivity index (χ1v) is 10.3. The van der Waals surface area contributed by atoms with Crippen LogP contribution in [0.5, 0.6) is 0 Å². The molecule has 138 valence electrons. The molecular formula is C21H25Cl2N2O+. The van der Waals surface area contributed by atoms with Crippen molar-refractivity contribution in [3.8, 4) is 0 Å². The first-order valence-electron chi connectivity index (χ1n) is 9.50. The van der Waals surface area contributed by atoms with E-state index in [1.807, 2.05) is 36.4 Å². The van der Waals surface area contributed by atoms with Crippen LogP contribution < -0.4 is 4.90 Å². The second-order valence-electron chi connectivity index (χ2n) is 7.46. The summed E-state index contributed by atoms with van der Waals surface area (Å²) in [6, 6.07) is 11.9. The van der Waals surface area contributed by atoms with Crippen LogP contribution in [0.2, 0.25) is 10.0 Å². The number of nitrogens with zero attached hydrogens (tertiary/aromatic N) is 1. The Morgan fingerprint density at radius 2 is 1.42 bits per heavy atom. The monoisotopic (exact) mass is 391 g/mol. The Balaban J connectivity index is 1.66. The van der Waals surface area contributed by atoms with Gasteiger partial charge in [-0.3, -0.25) is 0 Å². The van der Waals surface area contributed by atoms with Crippen molar-refractivity contribution in [1.82, 2.24) is 4.57 Å². The molecule has 0 spiro atoms. The van der Waals surface area contributed by atoms with Gasteiger partial charge in [-0.1, -0.05) is 23.2 Å². The number of nitrogens with one attached hydrogen (secondary N) is 1. The van der Waals surface area contributed by atoms with E-state index < -0.39 is 0 Å². The fourth-order valence-corrected chi connectivity index (χ4v) is 4.63. The molecule has 1 saturated heterocycles. The van der Waals surface area contributed by atoms with E-state index in [-0.39, 0.29) is 6.10 Å². The average molecular weight is 392 g/mol. The topological polar surface area (TPSA) is 29.6 Å². The number of fused-ring (bicyclic) bond motifs is 3. The van der Waals surface area contributed by atoms with Gasteiger partial charge in [-0.15, -0.1) is 0 Å². The maximum atomic E-state index is 10.8. The van der Waals surface area contributed by atoms with E-state index in [1.54, 1.807) is 0 Å². The summed E-state index contributed by atoms with van der Waals surface area (Å²) in [6.07, 6.45) is 4.83. The highest BCUT2D eigenvalue weighted by atomic mass is 35.5. The zero-order valence-electron chi connectivity index (χ0n) is 14.8. The summed E-state index contributed by atoms with van der Waals surface area (Å²) >= 11 is 12.4. The largest absolute Gasteiger partial charge is 0.385 e. The first kappa shape index (κ1) is 18.1. The number of aliphatic hydroxyl groups excluding tert-OH is 1. The van der Waals surface area contributed by atoms with Gasteiger partial charge in [-0.2, -0.15) is 0 Å². The fraction of sp³-hybridized carbons (Fsp3) is 0.429. The van der Waals surface area contributed by atoms with Gasteiger partial charge in [0.05, 0.1) is 19.6 Å². The van der Waals surface area contributed by atoms with Crippen LogP contribution in [0, 0.1) is 0 Å². The molecule has 1 atom stereocenters. The normalized spacial score (nSPS) is 17.7. The number of hydrogen-bond acceptors (Lipinski definition) is 1. The van der Waals surface area contributed by atoms with E-state index >= 15 is 0 Å². The lowest BCUT2D eigenvalue weighted by molar-refractivity contribution is -0.902. The Morgan fingerprint density at radius 1 is 0.885 bits per heavy atom. The summed E-state index contributed by atoms with van der Waals surface area (Å²) < 4.78 is 2.21. The van der Waals surface area contributed by atoms with Crippen LogP contribution in [0.4, 0.5) is 0 Å². The Kier molecular flexibility index (Phi) is 5.42. The highest BCUT2D eigenvalue weighted by molar-refractivity contribution is 6.33. The minimum Gasteiger partial charge on any atom is -0.385 e. The van der Waals surface area contributed by atoms with Gasteiger partial charge < -0.3 is 14.6 Å². The van der Waals surface area contributed by atoms with Gasteiger partial charge in [-0.25, -0.2) is 0 Å². The van der Waals surface area contributed by atoms with Crippen LogP contribution in [0.25, 0.3) is 21.8 Å². The third-order valence-corrected chi connectivity index (χ3v) is 5.99. The Hall–Kier alpha value is -1.26. The van der Waals surface area contributed by atoms with Gasteiger partial charge in [0.1, 0.15) is 12.6 Å². The first-order chi connectivity index (χ1) is 12.6. The zero-order valence-corrected chi connectivity index (χ0v) is 16.4. The van der Waals surface area contributed by atoms with E-state index in [0.717, 1.165) is 28.4 Å². The molecule has 0 amide bonds. The van der Waals surface area contributed by atoms with E-state index in [1.165, 1.54) is 43.7 Å². The molecule has 2 aromatic carbocycles. The smallest absolute Gasteiger partial charge is 0.121 e. The van der Waals surface area contributed by atoms with Gasteiger partial charge in [0, 0.05) is 31.9 Å². The van der Waals surface area contributed by atoms with Gasteiger partial charge in [0.15, 0.2) is 0 Å². The van der Waals surface area contributed by atoms with Crippen molar-refractivity contribution in [1.29, 1.82) is 0 Å². The summed E-state index contributed by atoms with van der Waals surface area (Å²) in [7, 11) is 0. The molecule has 0 unspecified atom stereocenters. The number of hydrogen-bond donors (Lipinski definition) is 2. The van der Waals surface area contributed by atoms with Crippen LogP contribution in [-0.2, 0) is 6.54 Å². The van der Waals surface area contributed by atoms with Crippen LogP contribution in [0.15, 0.2) is 36.4 Å². The molecular weight excluding hydrogens is 367 g/mol. The molecule has 1 aliphatic heterocycles. The van der Waals surface area contributed by atoms with E-state index in [0.29, 0.717) is 16.6 Å². The molecule has 0 bridgehead atoms. The SMILES string of the molecule is O[C@@H](Cn1c2ccc(Cl)cc2c2cc(Cl)ccc21)C[NH+]1CCCCCC1. The summed E-state index contributed by atoms with van der Waals surface area (Å²) in [5, 5.41) is 14.4. The Bertz CT molecular complexity index is 854. The van der Waals surface area contributed by atoms with Crippen LogP contribution in [0.1, 0.15) is 25.7 Å². The molecule has 1 fully saturated rings. The second kappa shape index (κ2) is 7.77. The van der Waals surface area contributed by atoms with Crippen molar-refractivity contribution in [3.63, 3.8) is 0 Å². The van der Waals surface area contributed by atoms with Crippen LogP contribution in [-0.4, -0.2) is 35.4 Å². The minimum atomic E-state index is -0.367. The highest BCUT2D eigenvalue weighted by Gasteiger charge is 2.20. The van der Waals surface area contributed by atoms with Gasteiger partial charge in [0.25, 0.3) is 0 Å². The predicted molar refractivity (Wildman–Crippen MR) is 110 cm³/mol. The molecule has 5 heteroatoms. The zero-order chi connectivity index (χ0) is 18.1. The number of aromatic nitrogens is 1. The van der Waals surface area contributed by atoms with Gasteiger partial charge in [-0.05, 0) is 62.1 Å². The lowest BCUT2D eigenvalue weighted by Crippen LogP contribution is -3.13. The van der Waals surface area contributed by atoms with E-state index in [4.69, 9.17) is 23.2 Å². The van der Waals surface area contributed by atoms with Gasteiger partial charge >= 0.3 is 0 Å². The molecule has 3 nitrogen and oxygen atoms in total. The third kappa shape index (κ3) is 3.72. The Labute approximate surface area is 164 Å². The van der Waals surface area contributed by atoms with E-state index in [2.05, 4.69) is 4.57 Å². The molecule has 3 aromatic rings. The summed E-state index contributed by atoms with van der Waals surface area (Å²) in [6.45, 7) is 3.75. The number of halogens is 2. The van der Waals surface area contributed by atoms with Crippen LogP contribution in [0.3, 0.4) is 0 Å². The van der Waals surface area contributed by atoms with Crippen molar-refractivity contribution < 1.29 is 10.0 Å². The maximum Gasteiger partial charge on any atom is 0.121 e. The molecule has 2 heterocycles. The van der Waals surface area contributed by atoms with Crippen molar-refractivity contribution in [2.45, 2.75) is 38.3 Å². The maximum absolute atomic E-state index is 10.8. The van der Waals surface area contributed by atoms with Crippen molar-refractivity contribution in [3.05, 3.63) is 46.4 Å². The Morgan fingerprint density at radius 3 is 1.96 bits per heavy atom. The van der Waals surface area contributed by atoms with Crippen molar-refractivity contribution in [2.24, 2.45) is 0 Å². The molecule has 1 aliphatic rings. The third-order valence-electron chi connectivity index (χ3n) is 5.52. The number of likely N-dealkylation sites (tertiary alicyclic amines) is 1. The molecule has 4 rings (SSSR count). The van der Waals surface area contributed by atoms with E-state index in [9.17, 15) is 5.11 Å². The summed E-state index contributed by atoms with van der Waals surface area (Å²) in [5.74, 6) is 0. The second-order valence-corrected chi connectivity index (χ2v) is 8.33. The lowest BCUT2D eigenvalue weighted by Gasteiger charge is -2.21. The standard InChI is InChI=1S/C21H24Cl2N2O/c22-15-5-7-20-18(11-15)19-12-16(23)6-8-21(19)25(20)14-17(26)13-24-9-3-1-2-4-10-24/h5-8,11-12,17,26H,1-4,9-10,13-14H2/p+1/t17-/m1/s1. The predicted octanol–water partition coefficient (Wildman–Crippen LogP) is 3.92. The van der Waals surface area contributed by atoms with Crippen molar-refractivity contribution >= 4 is 45.0 Å². The molecule has 26 heavy (non-hydrogen) atoms. The molecule has 0 aliphatic carbocycles. The van der Waals surface area contributed by atoms with Crippen LogP contribution >= 0.6 is 23.2 Å². The molecule has 1 aromatic heterocycles. The molecule has 0 radical (unpaired) electrons.